The van der Waals surface area contributed by atoms with E-state index in [1.165, 1.54) is 6.26 Å². The molecule has 1 aromatic heterocycles. The van der Waals surface area contributed by atoms with Crippen LogP contribution in [0, 0.1) is 5.92 Å². The number of sulfone groups is 1. The molecule has 0 aliphatic rings. The number of rotatable bonds is 5. The first-order chi connectivity index (χ1) is 7.41. The van der Waals surface area contributed by atoms with Crippen molar-refractivity contribution < 1.29 is 8.42 Å². The fourth-order valence-electron chi connectivity index (χ4n) is 1.30. The Morgan fingerprint density at radius 3 is 2.69 bits per heavy atom. The second-order valence-electron chi connectivity index (χ2n) is 4.23. The lowest BCUT2D eigenvalue weighted by Crippen LogP contribution is -2.10. The van der Waals surface area contributed by atoms with Crippen molar-refractivity contribution in [1.29, 1.82) is 0 Å². The summed E-state index contributed by atoms with van der Waals surface area (Å²) in [5, 5.41) is 3.06. The highest BCUT2D eigenvalue weighted by Crippen LogP contribution is 2.17. The van der Waals surface area contributed by atoms with E-state index in [2.05, 4.69) is 24.1 Å². The van der Waals surface area contributed by atoms with Crippen molar-refractivity contribution in [2.45, 2.75) is 25.2 Å². The largest absolute Gasteiger partial charge is 0.369 e. The van der Waals surface area contributed by atoms with Gasteiger partial charge in [0.15, 0.2) is 9.84 Å². The molecule has 0 atom stereocenters. The van der Waals surface area contributed by atoms with E-state index in [1.807, 2.05) is 0 Å². The van der Waals surface area contributed by atoms with E-state index in [0.717, 1.165) is 13.0 Å². The molecule has 0 fully saturated rings. The predicted molar refractivity (Wildman–Crippen MR) is 65.3 cm³/mol. The molecule has 0 aliphatic heterocycles. The number of nitrogens with one attached hydrogen (secondary N) is 1. The van der Waals surface area contributed by atoms with Crippen molar-refractivity contribution >= 4 is 15.7 Å². The molecule has 1 aromatic rings. The molecule has 4 nitrogen and oxygen atoms in total. The lowest BCUT2D eigenvalue weighted by molar-refractivity contribution is 0.599. The average molecular weight is 242 g/mol. The summed E-state index contributed by atoms with van der Waals surface area (Å²) in [6, 6.07) is 3.20. The Labute approximate surface area is 97.0 Å². The molecule has 0 bridgehead atoms. The molecule has 90 valence electrons. The summed E-state index contributed by atoms with van der Waals surface area (Å²) < 4.78 is 22.9. The summed E-state index contributed by atoms with van der Waals surface area (Å²) in [6.07, 6.45) is 3.77. The molecule has 0 saturated heterocycles. The fourth-order valence-corrected chi connectivity index (χ4v) is 2.10. The van der Waals surface area contributed by atoms with Crippen molar-refractivity contribution in [2.24, 2.45) is 5.92 Å². The van der Waals surface area contributed by atoms with Crippen LogP contribution in [0.15, 0.2) is 23.2 Å². The maximum Gasteiger partial charge on any atom is 0.179 e. The molecule has 0 amide bonds. The van der Waals surface area contributed by atoms with Gasteiger partial charge in [-0.05, 0) is 24.5 Å². The number of hydrogen-bond donors (Lipinski definition) is 1. The van der Waals surface area contributed by atoms with Crippen LogP contribution in [0.1, 0.15) is 20.3 Å². The highest BCUT2D eigenvalue weighted by atomic mass is 32.2. The van der Waals surface area contributed by atoms with Crippen LogP contribution in [0.4, 0.5) is 5.82 Å². The Kier molecular flexibility index (Phi) is 4.29. The minimum absolute atomic E-state index is 0.263. The first kappa shape index (κ1) is 13.0. The molecule has 1 heterocycles. The molecule has 0 aliphatic carbocycles. The van der Waals surface area contributed by atoms with E-state index in [4.69, 9.17) is 0 Å². The highest BCUT2D eigenvalue weighted by molar-refractivity contribution is 7.90. The van der Waals surface area contributed by atoms with Gasteiger partial charge in [-0.3, -0.25) is 0 Å². The van der Waals surface area contributed by atoms with Gasteiger partial charge in [0.2, 0.25) is 0 Å². The lowest BCUT2D eigenvalue weighted by atomic mass is 10.1. The van der Waals surface area contributed by atoms with Gasteiger partial charge < -0.3 is 5.32 Å². The summed E-state index contributed by atoms with van der Waals surface area (Å²) in [5.74, 6) is 1.03. The van der Waals surface area contributed by atoms with E-state index in [-0.39, 0.29) is 4.90 Å². The Balaban J connectivity index is 2.80. The van der Waals surface area contributed by atoms with E-state index >= 15 is 0 Å². The first-order valence-corrected chi connectivity index (χ1v) is 7.19. The third kappa shape index (κ3) is 3.81. The van der Waals surface area contributed by atoms with Crippen LogP contribution in [0.3, 0.4) is 0 Å². The molecule has 0 aromatic carbocycles. The van der Waals surface area contributed by atoms with Crippen LogP contribution in [-0.2, 0) is 9.84 Å². The first-order valence-electron chi connectivity index (χ1n) is 5.30. The fraction of sp³-hybridized carbons (Fsp3) is 0.545. The zero-order valence-corrected chi connectivity index (χ0v) is 10.7. The molecular formula is C11H18N2O2S. The number of hydrogen-bond acceptors (Lipinski definition) is 4. The quantitative estimate of drug-likeness (QED) is 0.857. The van der Waals surface area contributed by atoms with Crippen LogP contribution in [0.5, 0.6) is 0 Å². The molecule has 1 N–H and O–H groups in total. The molecule has 1 rings (SSSR count). The van der Waals surface area contributed by atoms with Crippen molar-refractivity contribution in [3.05, 3.63) is 18.3 Å². The SMILES string of the molecule is CC(C)CCNc1ncccc1S(C)(=O)=O. The zero-order valence-electron chi connectivity index (χ0n) is 9.90. The van der Waals surface area contributed by atoms with Gasteiger partial charge in [0.1, 0.15) is 10.7 Å². The number of anilines is 1. The number of nitrogens with zero attached hydrogens (tertiary/aromatic N) is 1. The van der Waals surface area contributed by atoms with E-state index < -0.39 is 9.84 Å². The molecule has 0 spiro atoms. The van der Waals surface area contributed by atoms with E-state index in [9.17, 15) is 8.42 Å². The third-order valence-corrected chi connectivity index (χ3v) is 3.31. The maximum absolute atomic E-state index is 11.5. The van der Waals surface area contributed by atoms with Gasteiger partial charge in [-0.2, -0.15) is 0 Å². The normalized spacial score (nSPS) is 11.8. The molecule has 0 unspecified atom stereocenters. The van der Waals surface area contributed by atoms with Gasteiger partial charge in [0.25, 0.3) is 0 Å². The Morgan fingerprint density at radius 2 is 2.12 bits per heavy atom. The van der Waals surface area contributed by atoms with Crippen LogP contribution in [0.25, 0.3) is 0 Å². The molecular weight excluding hydrogens is 224 g/mol. The van der Waals surface area contributed by atoms with Crippen LogP contribution >= 0.6 is 0 Å². The van der Waals surface area contributed by atoms with Gasteiger partial charge in [-0.25, -0.2) is 13.4 Å². The van der Waals surface area contributed by atoms with Gasteiger partial charge in [-0.15, -0.1) is 0 Å². The van der Waals surface area contributed by atoms with E-state index in [1.54, 1.807) is 18.3 Å². The van der Waals surface area contributed by atoms with Gasteiger partial charge in [0.05, 0.1) is 0 Å². The summed E-state index contributed by atoms with van der Waals surface area (Å²) >= 11 is 0. The second-order valence-corrected chi connectivity index (χ2v) is 6.22. The van der Waals surface area contributed by atoms with Crippen LogP contribution in [0.2, 0.25) is 0 Å². The monoisotopic (exact) mass is 242 g/mol. The standard InChI is InChI=1S/C11H18N2O2S/c1-9(2)6-8-13-11-10(16(3,14)15)5-4-7-12-11/h4-5,7,9H,6,8H2,1-3H3,(H,12,13). The molecule has 0 saturated carbocycles. The minimum Gasteiger partial charge on any atom is -0.369 e. The zero-order chi connectivity index (χ0) is 12.2. The number of aromatic nitrogens is 1. The van der Waals surface area contributed by atoms with E-state index in [0.29, 0.717) is 11.7 Å². The summed E-state index contributed by atoms with van der Waals surface area (Å²) in [7, 11) is -3.21. The number of pyridine rings is 1. The molecule has 16 heavy (non-hydrogen) atoms. The summed E-state index contributed by atoms with van der Waals surface area (Å²) in [5.41, 5.74) is 0. The average Bonchev–Trinajstić information content (AvgIpc) is 2.16. The van der Waals surface area contributed by atoms with Gasteiger partial charge in [-0.1, -0.05) is 13.8 Å². The van der Waals surface area contributed by atoms with Gasteiger partial charge in [0, 0.05) is 19.0 Å². The van der Waals surface area contributed by atoms with Gasteiger partial charge >= 0.3 is 0 Å². The van der Waals surface area contributed by atoms with Crippen molar-refractivity contribution in [2.75, 3.05) is 18.1 Å². The molecule has 5 heteroatoms. The summed E-state index contributed by atoms with van der Waals surface area (Å²) in [4.78, 5) is 4.31. The molecule has 0 radical (unpaired) electrons. The Bertz CT molecular complexity index is 441. The van der Waals surface area contributed by atoms with Crippen molar-refractivity contribution in [3.63, 3.8) is 0 Å². The Hall–Kier alpha value is -1.10. The smallest absolute Gasteiger partial charge is 0.179 e. The topological polar surface area (TPSA) is 59.1 Å². The minimum atomic E-state index is -3.21. The van der Waals surface area contributed by atoms with Crippen LogP contribution < -0.4 is 5.32 Å². The highest BCUT2D eigenvalue weighted by Gasteiger charge is 2.13. The second kappa shape index (κ2) is 5.30. The Morgan fingerprint density at radius 1 is 1.44 bits per heavy atom. The van der Waals surface area contributed by atoms with Crippen molar-refractivity contribution in [1.82, 2.24) is 4.98 Å². The lowest BCUT2D eigenvalue weighted by Gasteiger charge is -2.10. The summed E-state index contributed by atoms with van der Waals surface area (Å²) in [6.45, 7) is 4.98. The third-order valence-electron chi connectivity index (χ3n) is 2.18. The predicted octanol–water partition coefficient (Wildman–Crippen LogP) is 1.94. The van der Waals surface area contributed by atoms with Crippen molar-refractivity contribution in [3.8, 4) is 0 Å². The maximum atomic E-state index is 11.5. The van der Waals surface area contributed by atoms with Crippen LogP contribution in [-0.4, -0.2) is 26.2 Å².